The number of benzene rings is 3. The third-order valence-corrected chi connectivity index (χ3v) is 4.73. The Bertz CT molecular complexity index is 1010. The van der Waals surface area contributed by atoms with Gasteiger partial charge in [0.25, 0.3) is 0 Å². The number of esters is 1. The van der Waals surface area contributed by atoms with Crippen LogP contribution in [0.15, 0.2) is 72.8 Å². The Kier molecular flexibility index (Phi) is 7.02. The smallest absolute Gasteiger partial charge is 0.339 e. The Morgan fingerprint density at radius 3 is 2.45 bits per heavy atom. The molecule has 3 aromatic rings. The van der Waals surface area contributed by atoms with Crippen molar-refractivity contribution in [1.29, 1.82) is 5.26 Å². The molecule has 3 rings (SSSR count). The second kappa shape index (κ2) is 10.1. The zero-order chi connectivity index (χ0) is 20.5. The number of methoxy groups -OCH3 is 1. The average Bonchev–Trinajstić information content (AvgIpc) is 2.78. The van der Waals surface area contributed by atoms with E-state index in [1.807, 2.05) is 54.6 Å². The minimum atomic E-state index is -0.488. The molecule has 3 aromatic carbocycles. The number of hydrogen-bond acceptors (Lipinski definition) is 4. The number of rotatable bonds is 8. The second-order valence-electron chi connectivity index (χ2n) is 6.72. The molecule has 0 saturated heterocycles. The monoisotopic (exact) mass is 385 g/mol. The van der Waals surface area contributed by atoms with Crippen LogP contribution in [0.3, 0.4) is 0 Å². The summed E-state index contributed by atoms with van der Waals surface area (Å²) in [4.78, 5) is 11.7. The molecule has 0 aliphatic carbocycles. The van der Waals surface area contributed by atoms with Crippen LogP contribution < -0.4 is 4.74 Å². The normalized spacial score (nSPS) is 10.2. The average molecular weight is 385 g/mol. The van der Waals surface area contributed by atoms with Crippen molar-refractivity contribution in [2.75, 3.05) is 7.11 Å². The minimum absolute atomic E-state index is 0.304. The Labute approximate surface area is 171 Å². The van der Waals surface area contributed by atoms with Crippen molar-refractivity contribution in [3.63, 3.8) is 0 Å². The van der Waals surface area contributed by atoms with Crippen molar-refractivity contribution in [2.24, 2.45) is 0 Å². The third kappa shape index (κ3) is 5.46. The summed E-state index contributed by atoms with van der Waals surface area (Å²) in [7, 11) is 1.31. The molecule has 0 aliphatic heterocycles. The highest BCUT2D eigenvalue weighted by Crippen LogP contribution is 2.22. The molecule has 0 aromatic heterocycles. The molecule has 0 spiro atoms. The molecule has 0 bridgehead atoms. The fourth-order valence-corrected chi connectivity index (χ4v) is 3.20. The van der Waals surface area contributed by atoms with Gasteiger partial charge in [-0.1, -0.05) is 54.6 Å². The summed E-state index contributed by atoms with van der Waals surface area (Å²) in [6.07, 6.45) is 2.59. The van der Waals surface area contributed by atoms with E-state index in [2.05, 4.69) is 12.1 Å². The summed E-state index contributed by atoms with van der Waals surface area (Å²) in [5, 5.41) is 9.31. The van der Waals surface area contributed by atoms with E-state index in [1.165, 1.54) is 7.11 Å². The highest BCUT2D eigenvalue weighted by Gasteiger charge is 2.12. The first kappa shape index (κ1) is 20.2. The molecule has 0 atom stereocenters. The lowest BCUT2D eigenvalue weighted by Crippen LogP contribution is -2.05. The van der Waals surface area contributed by atoms with Gasteiger partial charge in [0.15, 0.2) is 0 Å². The van der Waals surface area contributed by atoms with Gasteiger partial charge in [0.05, 0.1) is 18.2 Å². The van der Waals surface area contributed by atoms with Crippen LogP contribution in [0.25, 0.3) is 0 Å². The van der Waals surface area contributed by atoms with Gasteiger partial charge in [-0.2, -0.15) is 5.26 Å². The van der Waals surface area contributed by atoms with Crippen molar-refractivity contribution in [1.82, 2.24) is 0 Å². The van der Waals surface area contributed by atoms with Gasteiger partial charge < -0.3 is 9.47 Å². The van der Waals surface area contributed by atoms with Gasteiger partial charge in [0.2, 0.25) is 0 Å². The molecule has 0 fully saturated rings. The number of hydrogen-bond donors (Lipinski definition) is 0. The van der Waals surface area contributed by atoms with Crippen molar-refractivity contribution in [3.8, 4) is 11.8 Å². The SMILES string of the molecule is COC(=O)c1ccc(CCCc2ccccc2OCc2ccccc2)cc1C#N. The van der Waals surface area contributed by atoms with Crippen LogP contribution in [0.2, 0.25) is 0 Å². The third-order valence-electron chi connectivity index (χ3n) is 4.73. The fourth-order valence-electron chi connectivity index (χ4n) is 3.20. The molecule has 0 unspecified atom stereocenters. The maximum absolute atomic E-state index is 11.7. The Morgan fingerprint density at radius 1 is 0.931 bits per heavy atom. The Hall–Kier alpha value is -3.58. The topological polar surface area (TPSA) is 59.3 Å². The summed E-state index contributed by atoms with van der Waals surface area (Å²) >= 11 is 0. The summed E-state index contributed by atoms with van der Waals surface area (Å²) < 4.78 is 10.7. The number of carbonyl (C=O) groups excluding carboxylic acids is 1. The predicted molar refractivity (Wildman–Crippen MR) is 112 cm³/mol. The lowest BCUT2D eigenvalue weighted by Gasteiger charge is -2.12. The van der Waals surface area contributed by atoms with Crippen molar-refractivity contribution < 1.29 is 14.3 Å². The van der Waals surface area contributed by atoms with E-state index >= 15 is 0 Å². The quantitative estimate of drug-likeness (QED) is 0.506. The molecule has 0 heterocycles. The van der Waals surface area contributed by atoms with E-state index in [0.29, 0.717) is 17.7 Å². The van der Waals surface area contributed by atoms with Crippen LogP contribution >= 0.6 is 0 Å². The summed E-state index contributed by atoms with van der Waals surface area (Å²) in [5.74, 6) is 0.410. The first-order valence-corrected chi connectivity index (χ1v) is 9.57. The molecule has 0 N–H and O–H groups in total. The molecule has 0 radical (unpaired) electrons. The van der Waals surface area contributed by atoms with Crippen LogP contribution in [-0.4, -0.2) is 13.1 Å². The van der Waals surface area contributed by atoms with Crippen LogP contribution in [0.5, 0.6) is 5.75 Å². The number of carbonyl (C=O) groups is 1. The first-order chi connectivity index (χ1) is 14.2. The zero-order valence-corrected chi connectivity index (χ0v) is 16.4. The summed E-state index contributed by atoms with van der Waals surface area (Å²) in [6, 6.07) is 25.6. The number of nitriles is 1. The highest BCUT2D eigenvalue weighted by atomic mass is 16.5. The lowest BCUT2D eigenvalue weighted by atomic mass is 9.99. The molecular weight excluding hydrogens is 362 g/mol. The van der Waals surface area contributed by atoms with Crippen LogP contribution in [0, 0.1) is 11.3 Å². The van der Waals surface area contributed by atoms with Gasteiger partial charge >= 0.3 is 5.97 Å². The lowest BCUT2D eigenvalue weighted by molar-refractivity contribution is 0.0600. The molecule has 0 amide bonds. The molecule has 0 saturated carbocycles. The van der Waals surface area contributed by atoms with Gasteiger partial charge in [0, 0.05) is 0 Å². The van der Waals surface area contributed by atoms with Gasteiger partial charge in [-0.05, 0) is 54.2 Å². The van der Waals surface area contributed by atoms with Crippen molar-refractivity contribution in [2.45, 2.75) is 25.9 Å². The number of nitrogens with zero attached hydrogens (tertiary/aromatic N) is 1. The number of aryl methyl sites for hydroxylation is 2. The highest BCUT2D eigenvalue weighted by molar-refractivity contribution is 5.92. The van der Waals surface area contributed by atoms with E-state index in [-0.39, 0.29) is 0 Å². The zero-order valence-electron chi connectivity index (χ0n) is 16.4. The molecular formula is C25H23NO3. The molecule has 4 heteroatoms. The van der Waals surface area contributed by atoms with Gasteiger partial charge in [-0.25, -0.2) is 4.79 Å². The molecule has 29 heavy (non-hydrogen) atoms. The summed E-state index contributed by atoms with van der Waals surface area (Å²) in [5.41, 5.74) is 3.98. The largest absolute Gasteiger partial charge is 0.489 e. The number of ether oxygens (including phenoxy) is 2. The van der Waals surface area contributed by atoms with Crippen molar-refractivity contribution >= 4 is 5.97 Å². The van der Waals surface area contributed by atoms with Crippen molar-refractivity contribution in [3.05, 3.63) is 101 Å². The van der Waals surface area contributed by atoms with E-state index < -0.39 is 5.97 Å². The number of para-hydroxylation sites is 1. The molecule has 146 valence electrons. The van der Waals surface area contributed by atoms with Crippen LogP contribution in [0.4, 0.5) is 0 Å². The van der Waals surface area contributed by atoms with Gasteiger partial charge in [-0.3, -0.25) is 0 Å². The predicted octanol–water partition coefficient (Wildman–Crippen LogP) is 5.10. The maximum Gasteiger partial charge on any atom is 0.339 e. The molecule has 0 aliphatic rings. The van der Waals surface area contributed by atoms with Crippen LogP contribution in [-0.2, 0) is 24.2 Å². The summed E-state index contributed by atoms with van der Waals surface area (Å²) in [6.45, 7) is 0.540. The van der Waals surface area contributed by atoms with E-state index in [1.54, 1.807) is 12.1 Å². The fraction of sp³-hybridized carbons (Fsp3) is 0.200. The van der Waals surface area contributed by atoms with Crippen LogP contribution in [0.1, 0.15) is 39.0 Å². The van der Waals surface area contributed by atoms with Gasteiger partial charge in [-0.15, -0.1) is 0 Å². The Balaban J connectivity index is 1.61. The maximum atomic E-state index is 11.7. The van der Waals surface area contributed by atoms with Gasteiger partial charge in [0.1, 0.15) is 18.4 Å². The van der Waals surface area contributed by atoms with E-state index in [9.17, 15) is 10.1 Å². The van der Waals surface area contributed by atoms with E-state index in [4.69, 9.17) is 9.47 Å². The standard InChI is InChI=1S/C25H23NO3/c1-28-25(27)23-15-14-19(16-22(23)17-26)10-7-12-21-11-5-6-13-24(21)29-18-20-8-3-2-4-9-20/h2-6,8-9,11,13-16H,7,10,12,18H2,1H3. The molecule has 4 nitrogen and oxygen atoms in total. The van der Waals surface area contributed by atoms with E-state index in [0.717, 1.165) is 41.7 Å². The first-order valence-electron chi connectivity index (χ1n) is 9.57. The second-order valence-corrected chi connectivity index (χ2v) is 6.72. The Morgan fingerprint density at radius 2 is 1.69 bits per heavy atom. The minimum Gasteiger partial charge on any atom is -0.489 e.